The van der Waals surface area contributed by atoms with Crippen LogP contribution in [-0.2, 0) is 4.79 Å². The Morgan fingerprint density at radius 2 is 1.85 bits per heavy atom. The molecule has 0 saturated carbocycles. The SMILES string of the molecule is NC(=O)C1CCCN(C(=O)c2ccc(-c3ccc(Cl)s3)c3ccccc23)C1. The summed E-state index contributed by atoms with van der Waals surface area (Å²) in [5.74, 6) is -0.642. The van der Waals surface area contributed by atoms with Gasteiger partial charge in [-0.05, 0) is 47.4 Å². The van der Waals surface area contributed by atoms with Crippen LogP contribution in [0.5, 0.6) is 0 Å². The van der Waals surface area contributed by atoms with Crippen LogP contribution in [0.25, 0.3) is 21.2 Å². The number of hydrogen-bond donors (Lipinski definition) is 1. The first-order valence-electron chi connectivity index (χ1n) is 8.90. The molecule has 1 aliphatic rings. The van der Waals surface area contributed by atoms with Gasteiger partial charge in [0.25, 0.3) is 5.91 Å². The number of benzene rings is 2. The van der Waals surface area contributed by atoms with Crippen molar-refractivity contribution in [1.82, 2.24) is 4.90 Å². The summed E-state index contributed by atoms with van der Waals surface area (Å²) >= 11 is 7.62. The molecule has 1 unspecified atom stereocenters. The molecule has 4 nitrogen and oxygen atoms in total. The number of primary amides is 1. The molecule has 2 amide bonds. The van der Waals surface area contributed by atoms with Crippen molar-refractivity contribution in [2.24, 2.45) is 11.7 Å². The molecule has 2 aromatic carbocycles. The number of likely N-dealkylation sites (tertiary alicyclic amines) is 1. The molecule has 27 heavy (non-hydrogen) atoms. The van der Waals surface area contributed by atoms with E-state index in [4.69, 9.17) is 17.3 Å². The van der Waals surface area contributed by atoms with Crippen LogP contribution in [0.1, 0.15) is 23.2 Å². The van der Waals surface area contributed by atoms with Gasteiger partial charge in [0.05, 0.1) is 10.3 Å². The average molecular weight is 399 g/mol. The minimum atomic E-state index is -0.331. The van der Waals surface area contributed by atoms with Crippen molar-refractivity contribution in [2.45, 2.75) is 12.8 Å². The quantitative estimate of drug-likeness (QED) is 0.702. The summed E-state index contributed by atoms with van der Waals surface area (Å²) in [6, 6.07) is 15.6. The third-order valence-electron chi connectivity index (χ3n) is 5.10. The Morgan fingerprint density at radius 1 is 1.07 bits per heavy atom. The summed E-state index contributed by atoms with van der Waals surface area (Å²) < 4.78 is 0.736. The molecule has 4 rings (SSSR count). The molecule has 0 aliphatic carbocycles. The molecular formula is C21H19ClN2O2S. The molecule has 3 aromatic rings. The number of thiophene rings is 1. The fourth-order valence-corrected chi connectivity index (χ4v) is 4.81. The number of rotatable bonds is 3. The van der Waals surface area contributed by atoms with E-state index in [-0.39, 0.29) is 17.7 Å². The molecule has 1 aliphatic heterocycles. The van der Waals surface area contributed by atoms with Crippen LogP contribution in [0, 0.1) is 5.92 Å². The maximum absolute atomic E-state index is 13.2. The van der Waals surface area contributed by atoms with E-state index >= 15 is 0 Å². The second-order valence-corrected chi connectivity index (χ2v) is 8.52. The van der Waals surface area contributed by atoms with Crippen molar-refractivity contribution < 1.29 is 9.59 Å². The predicted octanol–water partition coefficient (Wildman–Crippen LogP) is 4.56. The first-order valence-corrected chi connectivity index (χ1v) is 10.1. The Bertz CT molecular complexity index is 1030. The van der Waals surface area contributed by atoms with E-state index in [0.717, 1.165) is 38.4 Å². The summed E-state index contributed by atoms with van der Waals surface area (Å²) in [7, 11) is 0. The number of halogens is 1. The molecule has 1 saturated heterocycles. The molecule has 0 spiro atoms. The highest BCUT2D eigenvalue weighted by atomic mass is 35.5. The largest absolute Gasteiger partial charge is 0.369 e. The Labute approximate surface area is 166 Å². The van der Waals surface area contributed by atoms with Crippen LogP contribution in [0.15, 0.2) is 48.5 Å². The second kappa shape index (κ2) is 7.33. The first-order chi connectivity index (χ1) is 13.0. The van der Waals surface area contributed by atoms with Crippen LogP contribution in [0.2, 0.25) is 4.34 Å². The highest BCUT2D eigenvalue weighted by Crippen LogP contribution is 2.37. The Kier molecular flexibility index (Phi) is 4.89. The lowest BCUT2D eigenvalue weighted by Gasteiger charge is -2.31. The second-order valence-electron chi connectivity index (χ2n) is 6.80. The van der Waals surface area contributed by atoms with Gasteiger partial charge < -0.3 is 10.6 Å². The van der Waals surface area contributed by atoms with Crippen LogP contribution in [0.3, 0.4) is 0 Å². The smallest absolute Gasteiger partial charge is 0.254 e. The summed E-state index contributed by atoms with van der Waals surface area (Å²) in [5, 5.41) is 1.93. The van der Waals surface area contributed by atoms with Crippen LogP contribution in [-0.4, -0.2) is 29.8 Å². The fraction of sp³-hybridized carbons (Fsp3) is 0.238. The maximum atomic E-state index is 13.2. The summed E-state index contributed by atoms with van der Waals surface area (Å²) in [4.78, 5) is 27.6. The number of amides is 2. The van der Waals surface area contributed by atoms with Crippen molar-refractivity contribution in [3.8, 4) is 10.4 Å². The van der Waals surface area contributed by atoms with Crippen molar-refractivity contribution >= 4 is 45.5 Å². The van der Waals surface area contributed by atoms with E-state index in [2.05, 4.69) is 0 Å². The minimum absolute atomic E-state index is 0.0482. The molecule has 6 heteroatoms. The molecule has 2 N–H and O–H groups in total. The Hall–Kier alpha value is -2.37. The molecule has 1 aromatic heterocycles. The van der Waals surface area contributed by atoms with Crippen molar-refractivity contribution in [1.29, 1.82) is 0 Å². The molecule has 138 valence electrons. The number of nitrogens with zero attached hydrogens (tertiary/aromatic N) is 1. The van der Waals surface area contributed by atoms with Gasteiger partial charge in [0, 0.05) is 23.5 Å². The normalized spacial score (nSPS) is 17.2. The molecule has 1 atom stereocenters. The lowest BCUT2D eigenvalue weighted by atomic mass is 9.94. The zero-order chi connectivity index (χ0) is 19.0. The summed E-state index contributed by atoms with van der Waals surface area (Å²) in [6.07, 6.45) is 1.54. The number of piperidine rings is 1. The summed E-state index contributed by atoms with van der Waals surface area (Å²) in [5.41, 5.74) is 7.18. The number of nitrogens with two attached hydrogens (primary N) is 1. The van der Waals surface area contributed by atoms with Crippen molar-refractivity contribution in [3.05, 3.63) is 58.4 Å². The van der Waals surface area contributed by atoms with Gasteiger partial charge in [0.2, 0.25) is 5.91 Å². The van der Waals surface area contributed by atoms with Gasteiger partial charge in [-0.1, -0.05) is 41.9 Å². The Balaban J connectivity index is 1.75. The standard InChI is InChI=1S/C21H19ClN2O2S/c22-19-10-9-18(27-19)16-7-8-17(15-6-2-1-5-14(15)16)21(26)24-11-3-4-13(12-24)20(23)25/h1-2,5-10,13H,3-4,11-12H2,(H2,23,25). The lowest BCUT2D eigenvalue weighted by Crippen LogP contribution is -2.44. The molecule has 0 radical (unpaired) electrons. The van der Waals surface area contributed by atoms with E-state index in [9.17, 15) is 9.59 Å². The topological polar surface area (TPSA) is 63.4 Å². The third kappa shape index (κ3) is 3.45. The Morgan fingerprint density at radius 3 is 2.56 bits per heavy atom. The molecule has 0 bridgehead atoms. The van der Waals surface area contributed by atoms with E-state index < -0.39 is 0 Å². The lowest BCUT2D eigenvalue weighted by molar-refractivity contribution is -0.123. The van der Waals surface area contributed by atoms with Gasteiger partial charge in [0.15, 0.2) is 0 Å². The molecular weight excluding hydrogens is 380 g/mol. The molecule has 1 fully saturated rings. The van der Waals surface area contributed by atoms with E-state index in [1.807, 2.05) is 48.5 Å². The number of carbonyl (C=O) groups is 2. The fourth-order valence-electron chi connectivity index (χ4n) is 3.72. The van der Waals surface area contributed by atoms with E-state index in [0.29, 0.717) is 18.7 Å². The molecule has 2 heterocycles. The summed E-state index contributed by atoms with van der Waals surface area (Å²) in [6.45, 7) is 1.05. The number of fused-ring (bicyclic) bond motifs is 1. The highest BCUT2D eigenvalue weighted by Gasteiger charge is 2.28. The van der Waals surface area contributed by atoms with Gasteiger partial charge in [-0.25, -0.2) is 0 Å². The maximum Gasteiger partial charge on any atom is 0.254 e. The van der Waals surface area contributed by atoms with Gasteiger partial charge >= 0.3 is 0 Å². The van der Waals surface area contributed by atoms with Gasteiger partial charge in [-0.15, -0.1) is 11.3 Å². The zero-order valence-corrected chi connectivity index (χ0v) is 16.2. The van der Waals surface area contributed by atoms with Gasteiger partial charge in [-0.3, -0.25) is 9.59 Å². The van der Waals surface area contributed by atoms with Crippen LogP contribution in [0.4, 0.5) is 0 Å². The average Bonchev–Trinajstić information content (AvgIpc) is 3.12. The van der Waals surface area contributed by atoms with Crippen LogP contribution >= 0.6 is 22.9 Å². The zero-order valence-electron chi connectivity index (χ0n) is 14.7. The van der Waals surface area contributed by atoms with Crippen LogP contribution < -0.4 is 5.73 Å². The number of hydrogen-bond acceptors (Lipinski definition) is 3. The van der Waals surface area contributed by atoms with Crippen molar-refractivity contribution in [2.75, 3.05) is 13.1 Å². The first kappa shape index (κ1) is 18.0. The minimum Gasteiger partial charge on any atom is -0.369 e. The van der Waals surface area contributed by atoms with Gasteiger partial charge in [0.1, 0.15) is 0 Å². The predicted molar refractivity (Wildman–Crippen MR) is 110 cm³/mol. The highest BCUT2D eigenvalue weighted by molar-refractivity contribution is 7.19. The number of carbonyl (C=O) groups excluding carboxylic acids is 2. The van der Waals surface area contributed by atoms with Gasteiger partial charge in [-0.2, -0.15) is 0 Å². The monoisotopic (exact) mass is 398 g/mol. The van der Waals surface area contributed by atoms with E-state index in [1.165, 1.54) is 11.3 Å². The van der Waals surface area contributed by atoms with Crippen molar-refractivity contribution in [3.63, 3.8) is 0 Å². The third-order valence-corrected chi connectivity index (χ3v) is 6.37. The van der Waals surface area contributed by atoms with E-state index in [1.54, 1.807) is 4.90 Å².